The summed E-state index contributed by atoms with van der Waals surface area (Å²) in [6.45, 7) is 0. The second kappa shape index (κ2) is 4.00. The minimum Gasteiger partial charge on any atom is -0.384 e. The van der Waals surface area contributed by atoms with Crippen molar-refractivity contribution in [3.63, 3.8) is 0 Å². The van der Waals surface area contributed by atoms with Gasteiger partial charge in [0.25, 0.3) is 0 Å². The number of nitrogens with one attached hydrogen (secondary N) is 2. The van der Waals surface area contributed by atoms with Gasteiger partial charge in [-0.1, -0.05) is 29.3 Å². The molecule has 2 rings (SSSR count). The fourth-order valence-corrected chi connectivity index (χ4v) is 1.49. The van der Waals surface area contributed by atoms with E-state index in [9.17, 15) is 0 Å². The molecule has 1 aromatic heterocycles. The molecule has 4 nitrogen and oxygen atoms in total. The summed E-state index contributed by atoms with van der Waals surface area (Å²) in [6, 6.07) is 6.98. The summed E-state index contributed by atoms with van der Waals surface area (Å²) in [5.41, 5.74) is 6.17. The fraction of sp³-hybridized carbons (Fsp3) is 0. The van der Waals surface area contributed by atoms with Gasteiger partial charge in [0.05, 0.1) is 15.7 Å². The lowest BCUT2D eigenvalue weighted by Gasteiger charge is -2.05. The largest absolute Gasteiger partial charge is 0.384 e. The van der Waals surface area contributed by atoms with E-state index in [2.05, 4.69) is 15.5 Å². The van der Waals surface area contributed by atoms with Gasteiger partial charge in [-0.3, -0.25) is 5.10 Å². The van der Waals surface area contributed by atoms with Crippen LogP contribution in [-0.4, -0.2) is 10.2 Å². The number of aromatic amines is 1. The van der Waals surface area contributed by atoms with Gasteiger partial charge in [-0.15, -0.1) is 0 Å². The first-order valence-corrected chi connectivity index (χ1v) is 4.94. The first kappa shape index (κ1) is 10.1. The van der Waals surface area contributed by atoms with Crippen molar-refractivity contribution < 1.29 is 0 Å². The maximum absolute atomic E-state index is 5.99. The molecule has 0 fully saturated rings. The van der Waals surface area contributed by atoms with Gasteiger partial charge < -0.3 is 11.1 Å². The van der Waals surface area contributed by atoms with E-state index >= 15 is 0 Å². The third-order valence-electron chi connectivity index (χ3n) is 1.81. The molecule has 1 aromatic carbocycles. The lowest BCUT2D eigenvalue weighted by molar-refractivity contribution is 1.10. The topological polar surface area (TPSA) is 66.7 Å². The van der Waals surface area contributed by atoms with Crippen LogP contribution in [0.3, 0.4) is 0 Å². The quantitative estimate of drug-likeness (QED) is 0.759. The molecule has 0 aliphatic carbocycles. The Kier molecular flexibility index (Phi) is 2.70. The number of hydrogen-bond donors (Lipinski definition) is 3. The van der Waals surface area contributed by atoms with Gasteiger partial charge in [-0.25, -0.2) is 0 Å². The zero-order valence-electron chi connectivity index (χ0n) is 7.59. The van der Waals surface area contributed by atoms with Crippen molar-refractivity contribution in [2.45, 2.75) is 0 Å². The van der Waals surface area contributed by atoms with Crippen LogP contribution in [0, 0.1) is 0 Å². The fourth-order valence-electron chi connectivity index (χ4n) is 1.14. The van der Waals surface area contributed by atoms with E-state index in [1.165, 1.54) is 0 Å². The van der Waals surface area contributed by atoms with Gasteiger partial charge in [0.2, 0.25) is 0 Å². The van der Waals surface area contributed by atoms with Crippen LogP contribution in [0.4, 0.5) is 17.3 Å². The molecule has 0 atom stereocenters. The first-order valence-electron chi connectivity index (χ1n) is 4.19. The molecule has 4 N–H and O–H groups in total. The molecule has 2 aromatic rings. The SMILES string of the molecule is Nc1cc(Nc2cccc(Cl)c2Cl)n[nH]1. The molecule has 0 bridgehead atoms. The number of H-pyrrole nitrogens is 1. The number of nitrogens with two attached hydrogens (primary N) is 1. The second-order valence-electron chi connectivity index (χ2n) is 2.93. The number of nitrogen functional groups attached to an aromatic ring is 1. The predicted molar refractivity (Wildman–Crippen MR) is 62.7 cm³/mol. The standard InChI is InChI=1S/C9H8Cl2N4/c10-5-2-1-3-6(9(5)11)13-8-4-7(12)14-15-8/h1-4H,(H4,12,13,14,15). The molecule has 78 valence electrons. The minimum atomic E-state index is 0.459. The summed E-state index contributed by atoms with van der Waals surface area (Å²) >= 11 is 11.8. The van der Waals surface area contributed by atoms with Gasteiger partial charge in [0.1, 0.15) is 5.82 Å². The molecule has 0 amide bonds. The summed E-state index contributed by atoms with van der Waals surface area (Å²) in [7, 11) is 0. The van der Waals surface area contributed by atoms with Crippen LogP contribution in [0.2, 0.25) is 10.0 Å². The summed E-state index contributed by atoms with van der Waals surface area (Å²) < 4.78 is 0. The normalized spacial score (nSPS) is 10.3. The van der Waals surface area contributed by atoms with Crippen LogP contribution >= 0.6 is 23.2 Å². The molecule has 0 aliphatic rings. The zero-order chi connectivity index (χ0) is 10.8. The Hall–Kier alpha value is -1.39. The van der Waals surface area contributed by atoms with Crippen LogP contribution in [0.5, 0.6) is 0 Å². The molecule has 0 saturated carbocycles. The Morgan fingerprint density at radius 1 is 1.33 bits per heavy atom. The van der Waals surface area contributed by atoms with Crippen molar-refractivity contribution in [3.8, 4) is 0 Å². The van der Waals surface area contributed by atoms with Gasteiger partial charge in [0, 0.05) is 6.07 Å². The Labute approximate surface area is 96.4 Å². The third kappa shape index (κ3) is 2.16. The minimum absolute atomic E-state index is 0.459. The van der Waals surface area contributed by atoms with Crippen LogP contribution in [0.1, 0.15) is 0 Å². The average Bonchev–Trinajstić information content (AvgIpc) is 2.59. The van der Waals surface area contributed by atoms with Crippen molar-refractivity contribution in [1.82, 2.24) is 10.2 Å². The van der Waals surface area contributed by atoms with E-state index < -0.39 is 0 Å². The van der Waals surface area contributed by atoms with Crippen molar-refractivity contribution in [2.24, 2.45) is 0 Å². The molecular formula is C9H8Cl2N4. The predicted octanol–water partition coefficient (Wildman–Crippen LogP) is 3.04. The number of aromatic nitrogens is 2. The maximum atomic E-state index is 5.99. The monoisotopic (exact) mass is 242 g/mol. The number of hydrogen-bond acceptors (Lipinski definition) is 3. The first-order chi connectivity index (χ1) is 7.16. The van der Waals surface area contributed by atoms with Gasteiger partial charge in [-0.05, 0) is 12.1 Å². The van der Waals surface area contributed by atoms with E-state index in [-0.39, 0.29) is 0 Å². The molecule has 1 heterocycles. The van der Waals surface area contributed by atoms with Gasteiger partial charge in [0.15, 0.2) is 5.82 Å². The number of rotatable bonds is 2. The van der Waals surface area contributed by atoms with Crippen LogP contribution in [-0.2, 0) is 0 Å². The molecule has 6 heteroatoms. The second-order valence-corrected chi connectivity index (χ2v) is 3.72. The molecule has 0 unspecified atom stereocenters. The molecule has 15 heavy (non-hydrogen) atoms. The highest BCUT2D eigenvalue weighted by Crippen LogP contribution is 2.31. The summed E-state index contributed by atoms with van der Waals surface area (Å²) in [4.78, 5) is 0. The van der Waals surface area contributed by atoms with Crippen LogP contribution < -0.4 is 11.1 Å². The van der Waals surface area contributed by atoms with Crippen molar-refractivity contribution >= 4 is 40.5 Å². The third-order valence-corrected chi connectivity index (χ3v) is 2.63. The Morgan fingerprint density at radius 2 is 2.13 bits per heavy atom. The smallest absolute Gasteiger partial charge is 0.154 e. The Morgan fingerprint density at radius 3 is 2.80 bits per heavy atom. The summed E-state index contributed by atoms with van der Waals surface area (Å²) in [6.07, 6.45) is 0. The Balaban J connectivity index is 2.28. The average molecular weight is 243 g/mol. The zero-order valence-corrected chi connectivity index (χ0v) is 9.10. The van der Waals surface area contributed by atoms with Gasteiger partial charge in [-0.2, -0.15) is 5.10 Å². The highest BCUT2D eigenvalue weighted by atomic mass is 35.5. The summed E-state index contributed by atoms with van der Waals surface area (Å²) in [5, 5.41) is 10.5. The van der Waals surface area contributed by atoms with Gasteiger partial charge >= 0.3 is 0 Å². The van der Waals surface area contributed by atoms with E-state index in [0.29, 0.717) is 27.4 Å². The Bertz CT molecular complexity index is 481. The highest BCUT2D eigenvalue weighted by molar-refractivity contribution is 6.43. The molecular weight excluding hydrogens is 235 g/mol. The van der Waals surface area contributed by atoms with Crippen molar-refractivity contribution in [1.29, 1.82) is 0 Å². The number of anilines is 3. The van der Waals surface area contributed by atoms with E-state index in [1.54, 1.807) is 24.3 Å². The van der Waals surface area contributed by atoms with E-state index in [1.807, 2.05) is 0 Å². The number of nitrogens with zero attached hydrogens (tertiary/aromatic N) is 1. The molecule has 0 saturated heterocycles. The van der Waals surface area contributed by atoms with Crippen molar-refractivity contribution in [3.05, 3.63) is 34.3 Å². The van der Waals surface area contributed by atoms with Crippen molar-refractivity contribution in [2.75, 3.05) is 11.1 Å². The van der Waals surface area contributed by atoms with Crippen LogP contribution in [0.15, 0.2) is 24.3 Å². The maximum Gasteiger partial charge on any atom is 0.154 e. The lowest BCUT2D eigenvalue weighted by atomic mass is 10.3. The van der Waals surface area contributed by atoms with Crippen LogP contribution in [0.25, 0.3) is 0 Å². The van der Waals surface area contributed by atoms with E-state index in [0.717, 1.165) is 0 Å². The molecule has 0 radical (unpaired) electrons. The number of halogens is 2. The van der Waals surface area contributed by atoms with E-state index in [4.69, 9.17) is 28.9 Å². The molecule has 0 aliphatic heterocycles. The number of benzene rings is 1. The molecule has 0 spiro atoms. The lowest BCUT2D eigenvalue weighted by Crippen LogP contribution is -1.91. The summed E-state index contributed by atoms with van der Waals surface area (Å²) in [5.74, 6) is 1.08. The highest BCUT2D eigenvalue weighted by Gasteiger charge is 2.05.